The van der Waals surface area contributed by atoms with Crippen molar-refractivity contribution in [3.8, 4) is 6.07 Å². The molecule has 0 aromatic heterocycles. The number of Topliss-reactive ketones (excluding diaryl/α,β-unsaturated/α-hetero) is 1. The summed E-state index contributed by atoms with van der Waals surface area (Å²) in [6.07, 6.45) is 1.86. The number of ketones is 1. The number of carbonyl (C=O) groups excluding carboxylic acids is 2. The lowest BCUT2D eigenvalue weighted by atomic mass is 9.70. The molecule has 2 aliphatic rings. The van der Waals surface area contributed by atoms with Gasteiger partial charge in [0.2, 0.25) is 5.91 Å². The minimum atomic E-state index is -0.586. The van der Waals surface area contributed by atoms with Gasteiger partial charge in [-0.25, -0.2) is 0 Å². The molecule has 2 unspecified atom stereocenters. The quantitative estimate of drug-likeness (QED) is 0.410. The number of anilines is 1. The van der Waals surface area contributed by atoms with E-state index in [1.807, 2.05) is 61.5 Å². The highest BCUT2D eigenvalue weighted by Crippen LogP contribution is 2.47. The van der Waals surface area contributed by atoms with Crippen LogP contribution >= 0.6 is 27.7 Å². The number of thioether (sulfide) groups is 1. The summed E-state index contributed by atoms with van der Waals surface area (Å²) in [5, 5.41) is 16.6. The van der Waals surface area contributed by atoms with E-state index < -0.39 is 5.25 Å². The van der Waals surface area contributed by atoms with Crippen LogP contribution in [-0.2, 0) is 9.59 Å². The third kappa shape index (κ3) is 5.55. The first-order valence-corrected chi connectivity index (χ1v) is 13.3. The lowest BCUT2D eigenvalue weighted by Crippen LogP contribution is -2.37. The molecular weight excluding hydrogens is 522 g/mol. The topological polar surface area (TPSA) is 82.0 Å². The average molecular weight is 551 g/mol. The number of hydrogen-bond donors (Lipinski definition) is 2. The zero-order valence-corrected chi connectivity index (χ0v) is 22.4. The molecule has 0 saturated heterocycles. The fourth-order valence-corrected chi connectivity index (χ4v) is 6.20. The van der Waals surface area contributed by atoms with Gasteiger partial charge in [0.05, 0.1) is 16.7 Å². The highest BCUT2D eigenvalue weighted by atomic mass is 79.9. The van der Waals surface area contributed by atoms with Gasteiger partial charge in [-0.3, -0.25) is 9.59 Å². The van der Waals surface area contributed by atoms with Gasteiger partial charge in [-0.15, -0.1) is 0 Å². The van der Waals surface area contributed by atoms with Crippen LogP contribution in [-0.4, -0.2) is 11.7 Å². The second-order valence-corrected chi connectivity index (χ2v) is 11.7. The largest absolute Gasteiger partial charge is 0.352 e. The zero-order chi connectivity index (χ0) is 25.2. The lowest BCUT2D eigenvalue weighted by Gasteiger charge is -2.39. The molecular formula is C28H28BrN3O2S. The summed E-state index contributed by atoms with van der Waals surface area (Å²) in [4.78, 5) is 26.6. The second kappa shape index (κ2) is 10.4. The Morgan fingerprint density at radius 3 is 2.51 bits per heavy atom. The average Bonchev–Trinajstić information content (AvgIpc) is 2.82. The van der Waals surface area contributed by atoms with Crippen LogP contribution in [0.5, 0.6) is 0 Å². The summed E-state index contributed by atoms with van der Waals surface area (Å²) in [6.45, 7) is 6.18. The number of dihydropyridines is 1. The third-order valence-electron chi connectivity index (χ3n) is 6.34. The lowest BCUT2D eigenvalue weighted by molar-refractivity contribution is -0.119. The van der Waals surface area contributed by atoms with Crippen LogP contribution in [0.15, 0.2) is 80.9 Å². The standard InChI is InChI=1S/C28H28BrN3O2S/c1-4-20-21(16-30)27(32-22-14-28(2,3)15-23(33)24(20)22)35-25(17-8-6-5-7-9-17)26(34)31-19-12-10-18(29)11-13-19/h5-13,20,25,32H,4,14-15H2,1-3H3,(H,31,34). The van der Waals surface area contributed by atoms with E-state index in [0.29, 0.717) is 29.1 Å². The van der Waals surface area contributed by atoms with Crippen LogP contribution < -0.4 is 10.6 Å². The van der Waals surface area contributed by atoms with Gasteiger partial charge in [-0.05, 0) is 48.1 Å². The Kier molecular flexibility index (Phi) is 7.53. The summed E-state index contributed by atoms with van der Waals surface area (Å²) >= 11 is 4.76. The van der Waals surface area contributed by atoms with Crippen molar-refractivity contribution in [1.29, 1.82) is 5.26 Å². The maximum atomic E-state index is 13.5. The molecule has 7 heteroatoms. The number of benzene rings is 2. The first kappa shape index (κ1) is 25.3. The van der Waals surface area contributed by atoms with Gasteiger partial charge in [0, 0.05) is 33.8 Å². The van der Waals surface area contributed by atoms with Gasteiger partial charge >= 0.3 is 0 Å². The molecule has 1 aliphatic carbocycles. The predicted molar refractivity (Wildman–Crippen MR) is 144 cm³/mol. The molecule has 0 fully saturated rings. The molecule has 2 aromatic carbocycles. The highest BCUT2D eigenvalue weighted by molar-refractivity contribution is 9.10. The molecule has 4 rings (SSSR count). The van der Waals surface area contributed by atoms with Crippen LogP contribution in [0, 0.1) is 22.7 Å². The van der Waals surface area contributed by atoms with Gasteiger partial charge in [-0.2, -0.15) is 5.26 Å². The second-order valence-electron chi connectivity index (χ2n) is 9.68. The summed E-state index contributed by atoms with van der Waals surface area (Å²) in [6, 6.07) is 19.3. The Morgan fingerprint density at radius 1 is 1.20 bits per heavy atom. The Balaban J connectivity index is 1.70. The summed E-state index contributed by atoms with van der Waals surface area (Å²) in [7, 11) is 0. The maximum absolute atomic E-state index is 13.5. The molecule has 2 aromatic rings. The molecule has 5 nitrogen and oxygen atoms in total. The van der Waals surface area contributed by atoms with E-state index in [0.717, 1.165) is 27.7 Å². The number of amides is 1. The molecule has 0 saturated carbocycles. The first-order chi connectivity index (χ1) is 16.7. The molecule has 180 valence electrons. The molecule has 1 aliphatic heterocycles. The van der Waals surface area contributed by atoms with E-state index in [-0.39, 0.29) is 23.0 Å². The summed E-state index contributed by atoms with van der Waals surface area (Å²) in [5.41, 5.74) is 3.54. The van der Waals surface area contributed by atoms with Crippen molar-refractivity contribution >= 4 is 45.1 Å². The van der Waals surface area contributed by atoms with Gasteiger partial charge in [-0.1, -0.05) is 78.8 Å². The van der Waals surface area contributed by atoms with Crippen molar-refractivity contribution in [3.63, 3.8) is 0 Å². The minimum Gasteiger partial charge on any atom is -0.352 e. The van der Waals surface area contributed by atoms with Gasteiger partial charge in [0.15, 0.2) is 5.78 Å². The van der Waals surface area contributed by atoms with Crippen molar-refractivity contribution in [2.75, 3.05) is 5.32 Å². The van der Waals surface area contributed by atoms with Crippen molar-refractivity contribution in [2.24, 2.45) is 11.3 Å². The predicted octanol–water partition coefficient (Wildman–Crippen LogP) is 6.87. The molecule has 1 amide bonds. The van der Waals surface area contributed by atoms with E-state index in [1.165, 1.54) is 11.8 Å². The number of halogens is 1. The maximum Gasteiger partial charge on any atom is 0.242 e. The van der Waals surface area contributed by atoms with Crippen LogP contribution in [0.2, 0.25) is 0 Å². The molecule has 2 atom stereocenters. The number of hydrogen-bond acceptors (Lipinski definition) is 5. The third-order valence-corrected chi connectivity index (χ3v) is 8.15. The smallest absolute Gasteiger partial charge is 0.242 e. The van der Waals surface area contributed by atoms with Gasteiger partial charge < -0.3 is 10.6 Å². The number of carbonyl (C=O) groups is 2. The van der Waals surface area contributed by atoms with E-state index in [4.69, 9.17) is 0 Å². The normalized spacial score (nSPS) is 20.0. The van der Waals surface area contributed by atoms with Gasteiger partial charge in [0.25, 0.3) is 0 Å². The van der Waals surface area contributed by atoms with Crippen LogP contribution in [0.3, 0.4) is 0 Å². The Hall–Kier alpha value is -2.82. The summed E-state index contributed by atoms with van der Waals surface area (Å²) < 4.78 is 0.930. The Bertz CT molecular complexity index is 1240. The molecule has 0 radical (unpaired) electrons. The number of allylic oxidation sites excluding steroid dienone is 3. The number of nitrogens with one attached hydrogen (secondary N) is 2. The molecule has 35 heavy (non-hydrogen) atoms. The molecule has 1 heterocycles. The van der Waals surface area contributed by atoms with E-state index in [1.54, 1.807) is 0 Å². The fourth-order valence-electron chi connectivity index (χ4n) is 4.75. The number of nitrogens with zero attached hydrogens (tertiary/aromatic N) is 1. The molecule has 0 bridgehead atoms. The van der Waals surface area contributed by atoms with Gasteiger partial charge in [0.1, 0.15) is 5.25 Å². The number of nitriles is 1. The van der Waals surface area contributed by atoms with Crippen molar-refractivity contribution in [1.82, 2.24) is 5.32 Å². The van der Waals surface area contributed by atoms with E-state index in [2.05, 4.69) is 46.5 Å². The van der Waals surface area contributed by atoms with Crippen LogP contribution in [0.4, 0.5) is 5.69 Å². The SMILES string of the molecule is CCC1C(C#N)=C(SC(C(=O)Nc2ccc(Br)cc2)c2ccccc2)NC2=C1C(=O)CC(C)(C)C2. The summed E-state index contributed by atoms with van der Waals surface area (Å²) in [5.74, 6) is -0.323. The monoisotopic (exact) mass is 549 g/mol. The van der Waals surface area contributed by atoms with Crippen molar-refractivity contribution < 1.29 is 9.59 Å². The Labute approximate surface area is 219 Å². The first-order valence-electron chi connectivity index (χ1n) is 11.7. The Morgan fingerprint density at radius 2 is 1.89 bits per heavy atom. The molecule has 2 N–H and O–H groups in total. The van der Waals surface area contributed by atoms with Crippen LogP contribution in [0.25, 0.3) is 0 Å². The minimum absolute atomic E-state index is 0.111. The van der Waals surface area contributed by atoms with E-state index >= 15 is 0 Å². The highest BCUT2D eigenvalue weighted by Gasteiger charge is 2.41. The zero-order valence-electron chi connectivity index (χ0n) is 20.0. The van der Waals surface area contributed by atoms with Crippen molar-refractivity contribution in [2.45, 2.75) is 45.3 Å². The fraction of sp³-hybridized carbons (Fsp3) is 0.321. The number of rotatable bonds is 6. The molecule has 0 spiro atoms. The van der Waals surface area contributed by atoms with Crippen LogP contribution in [0.1, 0.15) is 50.8 Å². The van der Waals surface area contributed by atoms with E-state index in [9.17, 15) is 14.9 Å². The van der Waals surface area contributed by atoms with Crippen molar-refractivity contribution in [3.05, 3.63) is 86.5 Å².